The SMILES string of the molecule is Cc1nc(-c2ccccc2)cc([N+]([O-])=NC(C)(C)C)n1. The van der Waals surface area contributed by atoms with Crippen molar-refractivity contribution in [3.8, 4) is 11.3 Å². The third kappa shape index (κ3) is 3.60. The second-order valence-corrected chi connectivity index (χ2v) is 5.57. The van der Waals surface area contributed by atoms with Gasteiger partial charge in [-0.2, -0.15) is 0 Å². The second-order valence-electron chi connectivity index (χ2n) is 5.57. The van der Waals surface area contributed by atoms with Crippen molar-refractivity contribution in [1.29, 1.82) is 0 Å². The number of hydrogen-bond acceptors (Lipinski definition) is 4. The topological polar surface area (TPSA) is 64.2 Å². The Morgan fingerprint density at radius 2 is 1.75 bits per heavy atom. The Labute approximate surface area is 118 Å². The molecule has 2 aromatic rings. The summed E-state index contributed by atoms with van der Waals surface area (Å²) in [7, 11) is 0. The minimum atomic E-state index is -0.451. The third-order valence-corrected chi connectivity index (χ3v) is 2.48. The van der Waals surface area contributed by atoms with E-state index in [2.05, 4.69) is 15.1 Å². The van der Waals surface area contributed by atoms with Crippen LogP contribution in [-0.4, -0.2) is 20.4 Å². The van der Waals surface area contributed by atoms with Gasteiger partial charge in [-0.3, -0.25) is 0 Å². The van der Waals surface area contributed by atoms with Crippen molar-refractivity contribution in [2.45, 2.75) is 33.2 Å². The normalized spacial score (nSPS) is 12.5. The van der Waals surface area contributed by atoms with Gasteiger partial charge in [-0.15, -0.1) is 9.97 Å². The Bertz CT molecular complexity index is 630. The Morgan fingerprint density at radius 3 is 2.35 bits per heavy atom. The van der Waals surface area contributed by atoms with Crippen LogP contribution >= 0.6 is 0 Å². The molecule has 2 rings (SSSR count). The van der Waals surface area contributed by atoms with Gasteiger partial charge in [0.15, 0.2) is 0 Å². The molecule has 104 valence electrons. The number of nitrogens with zero attached hydrogens (tertiary/aromatic N) is 4. The van der Waals surface area contributed by atoms with Crippen molar-refractivity contribution in [2.75, 3.05) is 0 Å². The predicted octanol–water partition coefficient (Wildman–Crippen LogP) is 3.84. The summed E-state index contributed by atoms with van der Waals surface area (Å²) in [6.45, 7) is 7.36. The zero-order valence-electron chi connectivity index (χ0n) is 12.2. The molecule has 0 radical (unpaired) electrons. The fourth-order valence-corrected chi connectivity index (χ4v) is 1.73. The summed E-state index contributed by atoms with van der Waals surface area (Å²) >= 11 is 0. The largest absolute Gasteiger partial charge is 0.691 e. The predicted molar refractivity (Wildman–Crippen MR) is 77.7 cm³/mol. The maximum atomic E-state index is 12.1. The first kappa shape index (κ1) is 14.1. The third-order valence-electron chi connectivity index (χ3n) is 2.48. The molecule has 0 aliphatic heterocycles. The summed E-state index contributed by atoms with van der Waals surface area (Å²) < 4.78 is 0. The van der Waals surface area contributed by atoms with Crippen LogP contribution in [0.25, 0.3) is 11.3 Å². The van der Waals surface area contributed by atoms with Gasteiger partial charge in [-0.25, -0.2) is 4.98 Å². The molecule has 0 bridgehead atoms. The van der Waals surface area contributed by atoms with Crippen LogP contribution < -0.4 is 0 Å². The number of hydrogen-bond donors (Lipinski definition) is 0. The lowest BCUT2D eigenvalue weighted by molar-refractivity contribution is -0.453. The summed E-state index contributed by atoms with van der Waals surface area (Å²) in [5.41, 5.74) is 1.22. The van der Waals surface area contributed by atoms with E-state index in [9.17, 15) is 5.21 Å². The quantitative estimate of drug-likeness (QED) is 0.473. The summed E-state index contributed by atoms with van der Waals surface area (Å²) in [5.74, 6) is 0.803. The van der Waals surface area contributed by atoms with E-state index < -0.39 is 5.54 Å². The number of aryl methyl sites for hydroxylation is 1. The van der Waals surface area contributed by atoms with Gasteiger partial charge in [0.25, 0.3) is 0 Å². The standard InChI is InChI=1S/C15H18N4O/c1-11-16-13(12-8-6-5-7-9-12)10-14(17-11)19(20)18-15(2,3)4/h5-10H,1-4H3. The Balaban J connectivity index is 2.47. The molecule has 0 atom stereocenters. The molecule has 1 aromatic carbocycles. The van der Waals surface area contributed by atoms with E-state index in [1.54, 1.807) is 13.0 Å². The smallest absolute Gasteiger partial charge is 0.351 e. The van der Waals surface area contributed by atoms with Crippen LogP contribution in [0.5, 0.6) is 0 Å². The molecule has 1 heterocycles. The molecule has 0 aliphatic carbocycles. The summed E-state index contributed by atoms with van der Waals surface area (Å²) in [5, 5.41) is 16.1. The van der Waals surface area contributed by atoms with Crippen molar-refractivity contribution in [2.24, 2.45) is 5.11 Å². The van der Waals surface area contributed by atoms with Crippen LogP contribution in [0.4, 0.5) is 5.82 Å². The molecular formula is C15H18N4O. The van der Waals surface area contributed by atoms with Crippen LogP contribution in [0, 0.1) is 12.1 Å². The summed E-state index contributed by atoms with van der Waals surface area (Å²) in [6.07, 6.45) is 0. The first-order chi connectivity index (χ1) is 9.35. The number of rotatable bonds is 2. The van der Waals surface area contributed by atoms with Gasteiger partial charge < -0.3 is 5.21 Å². The Kier molecular flexibility index (Phi) is 3.79. The molecule has 5 heteroatoms. The van der Waals surface area contributed by atoms with Crippen LogP contribution in [0.3, 0.4) is 0 Å². The maximum Gasteiger partial charge on any atom is 0.351 e. The van der Waals surface area contributed by atoms with Crippen LogP contribution in [-0.2, 0) is 0 Å². The average molecular weight is 270 g/mol. The van der Waals surface area contributed by atoms with E-state index in [-0.39, 0.29) is 5.82 Å². The zero-order chi connectivity index (χ0) is 14.8. The van der Waals surface area contributed by atoms with Crippen LogP contribution in [0.2, 0.25) is 0 Å². The van der Waals surface area contributed by atoms with Gasteiger partial charge in [-0.1, -0.05) is 30.3 Å². The zero-order valence-corrected chi connectivity index (χ0v) is 12.2. The first-order valence-electron chi connectivity index (χ1n) is 6.46. The molecule has 1 aromatic heterocycles. The van der Waals surface area contributed by atoms with Gasteiger partial charge in [0.05, 0.1) is 17.3 Å². The lowest BCUT2D eigenvalue weighted by Gasteiger charge is -2.13. The molecule has 0 saturated carbocycles. The van der Waals surface area contributed by atoms with E-state index in [1.807, 2.05) is 51.1 Å². The molecule has 0 fully saturated rings. The van der Waals surface area contributed by atoms with Gasteiger partial charge >= 0.3 is 5.82 Å². The van der Waals surface area contributed by atoms with Gasteiger partial charge in [-0.05, 0) is 25.8 Å². The molecular weight excluding hydrogens is 252 g/mol. The van der Waals surface area contributed by atoms with Crippen molar-refractivity contribution < 1.29 is 4.86 Å². The van der Waals surface area contributed by atoms with Crippen LogP contribution in [0.1, 0.15) is 26.6 Å². The van der Waals surface area contributed by atoms with Gasteiger partial charge in [0, 0.05) is 12.5 Å². The fraction of sp³-hybridized carbons (Fsp3) is 0.333. The molecule has 0 aliphatic rings. The molecule has 0 N–H and O–H groups in total. The summed E-state index contributed by atoms with van der Waals surface area (Å²) in [6, 6.07) is 11.4. The van der Waals surface area contributed by atoms with Crippen molar-refractivity contribution in [3.63, 3.8) is 0 Å². The second kappa shape index (κ2) is 5.36. The Morgan fingerprint density at radius 1 is 1.10 bits per heavy atom. The molecule has 0 spiro atoms. The molecule has 5 nitrogen and oxygen atoms in total. The molecule has 20 heavy (non-hydrogen) atoms. The van der Waals surface area contributed by atoms with E-state index in [0.29, 0.717) is 10.7 Å². The highest BCUT2D eigenvalue weighted by molar-refractivity contribution is 5.60. The molecule has 0 amide bonds. The van der Waals surface area contributed by atoms with Crippen molar-refractivity contribution in [3.05, 3.63) is 47.4 Å². The maximum absolute atomic E-state index is 12.1. The Hall–Kier alpha value is -2.30. The van der Waals surface area contributed by atoms with Crippen molar-refractivity contribution in [1.82, 2.24) is 9.97 Å². The highest BCUT2D eigenvalue weighted by atomic mass is 16.5. The van der Waals surface area contributed by atoms with Crippen molar-refractivity contribution >= 4 is 5.82 Å². The first-order valence-corrected chi connectivity index (χ1v) is 6.46. The lowest BCUT2D eigenvalue weighted by Crippen LogP contribution is -2.13. The number of benzene rings is 1. The highest BCUT2D eigenvalue weighted by Crippen LogP contribution is 2.21. The monoisotopic (exact) mass is 270 g/mol. The van der Waals surface area contributed by atoms with Crippen LogP contribution in [0.15, 0.2) is 41.5 Å². The minimum absolute atomic E-state index is 0.256. The highest BCUT2D eigenvalue weighted by Gasteiger charge is 2.16. The minimum Gasteiger partial charge on any atom is -0.691 e. The lowest BCUT2D eigenvalue weighted by atomic mass is 10.1. The van der Waals surface area contributed by atoms with E-state index >= 15 is 0 Å². The molecule has 0 saturated heterocycles. The summed E-state index contributed by atoms with van der Waals surface area (Å²) in [4.78, 5) is 9.09. The fourth-order valence-electron chi connectivity index (χ4n) is 1.73. The van der Waals surface area contributed by atoms with E-state index in [4.69, 9.17) is 0 Å². The number of aromatic nitrogens is 2. The van der Waals surface area contributed by atoms with Gasteiger partial charge in [0.1, 0.15) is 0 Å². The van der Waals surface area contributed by atoms with E-state index in [0.717, 1.165) is 11.3 Å². The average Bonchev–Trinajstić information content (AvgIpc) is 2.37. The van der Waals surface area contributed by atoms with E-state index in [1.165, 1.54) is 0 Å². The number of azo groups is 1. The molecule has 0 unspecified atom stereocenters. The van der Waals surface area contributed by atoms with Gasteiger partial charge in [0.2, 0.25) is 5.82 Å².